The van der Waals surface area contributed by atoms with Gasteiger partial charge in [-0.15, -0.1) is 0 Å². The zero-order valence-electron chi connectivity index (χ0n) is 23.6. The number of carbonyl (C=O) groups excluding carboxylic acids is 1. The second-order valence-electron chi connectivity index (χ2n) is 10.1. The molecule has 1 unspecified atom stereocenters. The molecule has 0 spiro atoms. The fourth-order valence-electron chi connectivity index (χ4n) is 5.71. The fraction of sp³-hybridized carbons (Fsp3) is 0.250. The molecule has 0 bridgehead atoms. The zero-order valence-corrected chi connectivity index (χ0v) is 24.4. The molecule has 0 aliphatic carbocycles. The molecule has 0 fully saturated rings. The quantitative estimate of drug-likeness (QED) is 0.175. The Bertz CT molecular complexity index is 1810. The molecular formula is C32H32N6O2S. The Morgan fingerprint density at radius 3 is 1.93 bits per heavy atom. The lowest BCUT2D eigenvalue weighted by Crippen LogP contribution is -2.51. The zero-order chi connectivity index (χ0) is 28.7. The number of esters is 1. The average Bonchev–Trinajstić information content (AvgIpc) is 3.47. The van der Waals surface area contributed by atoms with Gasteiger partial charge in [-0.25, -0.2) is 14.8 Å². The van der Waals surface area contributed by atoms with Crippen LogP contribution in [0.15, 0.2) is 90.1 Å². The van der Waals surface area contributed by atoms with Gasteiger partial charge < -0.3 is 23.7 Å². The molecule has 2 aromatic heterocycles. The molecule has 41 heavy (non-hydrogen) atoms. The molecular weight excluding hydrogens is 532 g/mol. The molecule has 3 aromatic carbocycles. The summed E-state index contributed by atoms with van der Waals surface area (Å²) in [4.78, 5) is 27.4. The average molecular weight is 565 g/mol. The molecule has 0 saturated carbocycles. The van der Waals surface area contributed by atoms with Gasteiger partial charge >= 0.3 is 5.97 Å². The number of imidazole rings is 2. The summed E-state index contributed by atoms with van der Waals surface area (Å²) >= 11 is 6.28. The summed E-state index contributed by atoms with van der Waals surface area (Å²) < 4.78 is 9.94. The van der Waals surface area contributed by atoms with Crippen molar-refractivity contribution in [2.24, 2.45) is 0 Å². The molecule has 9 heteroatoms. The molecule has 1 aliphatic heterocycles. The summed E-state index contributed by atoms with van der Waals surface area (Å²) in [5, 5.41) is 0.610. The molecule has 1 atom stereocenters. The number of carbonyl (C=O) groups is 1. The van der Waals surface area contributed by atoms with Crippen LogP contribution in [0.2, 0.25) is 0 Å². The Kier molecular flexibility index (Phi) is 7.05. The highest BCUT2D eigenvalue weighted by Gasteiger charge is 2.41. The maximum atomic E-state index is 13.7. The Labute approximate surface area is 244 Å². The third-order valence-electron chi connectivity index (χ3n) is 7.73. The van der Waals surface area contributed by atoms with E-state index >= 15 is 0 Å². The molecule has 0 N–H and O–H groups in total. The second kappa shape index (κ2) is 10.8. The lowest BCUT2D eigenvalue weighted by Gasteiger charge is -2.45. The first-order valence-electron chi connectivity index (χ1n) is 13.7. The number of hydrogen-bond donors (Lipinski definition) is 0. The van der Waals surface area contributed by atoms with E-state index in [9.17, 15) is 4.79 Å². The first kappa shape index (κ1) is 26.7. The molecule has 1 aliphatic rings. The second-order valence-corrected chi connectivity index (χ2v) is 10.5. The minimum atomic E-state index is -0.444. The highest BCUT2D eigenvalue weighted by molar-refractivity contribution is 7.80. The van der Waals surface area contributed by atoms with Crippen LogP contribution < -0.4 is 0 Å². The minimum absolute atomic E-state index is 0.276. The summed E-state index contributed by atoms with van der Waals surface area (Å²) in [7, 11) is 0. The van der Waals surface area contributed by atoms with E-state index in [0.29, 0.717) is 24.0 Å². The van der Waals surface area contributed by atoms with Crippen molar-refractivity contribution in [3.8, 4) is 0 Å². The van der Waals surface area contributed by atoms with Crippen LogP contribution in [0.4, 0.5) is 0 Å². The van der Waals surface area contributed by atoms with E-state index in [1.807, 2.05) is 99.3 Å². The number of nitrogens with zero attached hydrogens (tertiary/aromatic N) is 6. The lowest BCUT2D eigenvalue weighted by atomic mass is 9.93. The standard InChI is InChI=1S/C32H32N6O2S/c1-5-40-31(39)29-21(2)35(19-36-22(3)33-25-15-9-11-17-27(25)36)32(41)38(30(29)24-13-7-6-8-14-24)20-37-23(4)34-26-16-10-12-18-28(26)37/h6-18,30H,5,19-20H2,1-4H3. The molecule has 6 rings (SSSR count). The number of thiocarbonyl (C=S) groups is 1. The largest absolute Gasteiger partial charge is 0.463 e. The van der Waals surface area contributed by atoms with E-state index in [-0.39, 0.29) is 12.6 Å². The van der Waals surface area contributed by atoms with Crippen molar-refractivity contribution in [3.63, 3.8) is 0 Å². The van der Waals surface area contributed by atoms with Crippen LogP contribution in [-0.4, -0.2) is 46.6 Å². The van der Waals surface area contributed by atoms with Gasteiger partial charge in [0.2, 0.25) is 0 Å². The van der Waals surface area contributed by atoms with Gasteiger partial charge in [0.1, 0.15) is 18.3 Å². The number of aryl methyl sites for hydroxylation is 2. The third-order valence-corrected chi connectivity index (χ3v) is 8.19. The molecule has 0 radical (unpaired) electrons. The summed E-state index contributed by atoms with van der Waals surface area (Å²) in [5.41, 5.74) is 6.14. The highest BCUT2D eigenvalue weighted by Crippen LogP contribution is 2.39. The van der Waals surface area contributed by atoms with Crippen molar-refractivity contribution in [2.45, 2.75) is 47.1 Å². The molecule has 208 valence electrons. The smallest absolute Gasteiger partial charge is 0.338 e. The predicted molar refractivity (Wildman–Crippen MR) is 164 cm³/mol. The van der Waals surface area contributed by atoms with Gasteiger partial charge in [0.25, 0.3) is 0 Å². The first-order valence-corrected chi connectivity index (χ1v) is 14.1. The molecule has 0 saturated heterocycles. The van der Waals surface area contributed by atoms with Crippen molar-refractivity contribution in [3.05, 3.63) is 107 Å². The van der Waals surface area contributed by atoms with E-state index in [4.69, 9.17) is 26.9 Å². The van der Waals surface area contributed by atoms with Gasteiger partial charge in [-0.05, 0) is 69.7 Å². The van der Waals surface area contributed by atoms with Gasteiger partial charge in [0.15, 0.2) is 5.11 Å². The van der Waals surface area contributed by atoms with Gasteiger partial charge in [0.05, 0.1) is 47.0 Å². The van der Waals surface area contributed by atoms with Crippen LogP contribution in [0.1, 0.15) is 37.1 Å². The van der Waals surface area contributed by atoms with Crippen LogP contribution in [-0.2, 0) is 22.9 Å². The van der Waals surface area contributed by atoms with E-state index in [2.05, 4.69) is 26.2 Å². The Morgan fingerprint density at radius 2 is 1.34 bits per heavy atom. The monoisotopic (exact) mass is 564 g/mol. The van der Waals surface area contributed by atoms with E-state index < -0.39 is 6.04 Å². The number of benzene rings is 3. The Balaban J connectivity index is 1.53. The highest BCUT2D eigenvalue weighted by atomic mass is 32.1. The summed E-state index contributed by atoms with van der Waals surface area (Å²) in [6.45, 7) is 8.86. The number of rotatable bonds is 7. The Hall–Kier alpha value is -4.50. The maximum absolute atomic E-state index is 13.7. The number of aromatic nitrogens is 4. The fourth-order valence-corrected chi connectivity index (χ4v) is 6.07. The number of fused-ring (bicyclic) bond motifs is 2. The van der Waals surface area contributed by atoms with Gasteiger partial charge in [-0.2, -0.15) is 0 Å². The van der Waals surface area contributed by atoms with Crippen LogP contribution in [0.3, 0.4) is 0 Å². The predicted octanol–water partition coefficient (Wildman–Crippen LogP) is 6.10. The number of para-hydroxylation sites is 4. The number of allylic oxidation sites excluding steroid dienone is 1. The van der Waals surface area contributed by atoms with E-state index in [1.165, 1.54) is 0 Å². The summed E-state index contributed by atoms with van der Waals surface area (Å²) in [6, 6.07) is 25.7. The summed E-state index contributed by atoms with van der Waals surface area (Å²) in [6.07, 6.45) is 0. The van der Waals surface area contributed by atoms with E-state index in [1.54, 1.807) is 0 Å². The van der Waals surface area contributed by atoms with Crippen LogP contribution in [0, 0.1) is 13.8 Å². The first-order chi connectivity index (χ1) is 19.9. The normalized spacial score (nSPS) is 15.8. The van der Waals surface area contributed by atoms with E-state index in [0.717, 1.165) is 45.0 Å². The maximum Gasteiger partial charge on any atom is 0.338 e. The number of ether oxygens (including phenoxy) is 1. The van der Waals surface area contributed by atoms with Crippen LogP contribution in [0.5, 0.6) is 0 Å². The lowest BCUT2D eigenvalue weighted by molar-refractivity contribution is -0.139. The molecule has 5 aromatic rings. The van der Waals surface area contributed by atoms with Crippen LogP contribution >= 0.6 is 12.2 Å². The van der Waals surface area contributed by atoms with Gasteiger partial charge in [0, 0.05) is 5.70 Å². The van der Waals surface area contributed by atoms with Gasteiger partial charge in [-0.1, -0.05) is 54.6 Å². The summed E-state index contributed by atoms with van der Waals surface area (Å²) in [5.74, 6) is 1.39. The number of hydrogen-bond acceptors (Lipinski definition) is 5. The Morgan fingerprint density at radius 1 is 0.805 bits per heavy atom. The van der Waals surface area contributed by atoms with Crippen molar-refractivity contribution in [1.82, 2.24) is 28.9 Å². The van der Waals surface area contributed by atoms with Crippen molar-refractivity contribution in [1.29, 1.82) is 0 Å². The molecule has 0 amide bonds. The topological polar surface area (TPSA) is 68.4 Å². The third kappa shape index (κ3) is 4.66. The SMILES string of the molecule is CCOC(=O)C1=C(C)N(Cn2c(C)nc3ccccc32)C(=S)N(Cn2c(C)nc3ccccc32)C1c1ccccc1. The van der Waals surface area contributed by atoms with Crippen molar-refractivity contribution in [2.75, 3.05) is 6.61 Å². The van der Waals surface area contributed by atoms with Crippen LogP contribution in [0.25, 0.3) is 22.1 Å². The van der Waals surface area contributed by atoms with Crippen molar-refractivity contribution >= 4 is 45.4 Å². The van der Waals surface area contributed by atoms with Crippen molar-refractivity contribution < 1.29 is 9.53 Å². The molecule has 8 nitrogen and oxygen atoms in total. The van der Waals surface area contributed by atoms with Gasteiger partial charge in [-0.3, -0.25) is 0 Å². The molecule has 3 heterocycles. The minimum Gasteiger partial charge on any atom is -0.463 e.